The lowest BCUT2D eigenvalue weighted by Gasteiger charge is -2.29. The summed E-state index contributed by atoms with van der Waals surface area (Å²) in [4.78, 5) is -0.0996. The first-order chi connectivity index (χ1) is 9.10. The van der Waals surface area contributed by atoms with Crippen molar-refractivity contribution in [1.82, 2.24) is 4.72 Å². The average Bonchev–Trinajstić information content (AvgIpc) is 2.38. The van der Waals surface area contributed by atoms with Crippen LogP contribution in [0.1, 0.15) is 32.8 Å². The molecule has 114 valence electrons. The first kappa shape index (κ1) is 17.1. The zero-order valence-electron chi connectivity index (χ0n) is 12.3. The highest BCUT2D eigenvalue weighted by molar-refractivity contribution is 7.89. The Labute approximate surface area is 120 Å². The summed E-state index contributed by atoms with van der Waals surface area (Å²) in [6, 6.07) is 3.61. The van der Waals surface area contributed by atoms with Crippen molar-refractivity contribution >= 4 is 10.0 Å². The molecule has 0 aromatic heterocycles. The Morgan fingerprint density at radius 3 is 2.60 bits per heavy atom. The SMILES string of the molecule is CCC(C)C(C)(O)CNS(=O)(=O)c1cc(F)ccc1C. The number of hydrogen-bond acceptors (Lipinski definition) is 3. The van der Waals surface area contributed by atoms with Gasteiger partial charge in [-0.1, -0.05) is 26.3 Å². The Balaban J connectivity index is 2.94. The largest absolute Gasteiger partial charge is 0.389 e. The fraction of sp³-hybridized carbons (Fsp3) is 0.571. The highest BCUT2D eigenvalue weighted by Crippen LogP contribution is 2.21. The number of aryl methyl sites for hydroxylation is 1. The van der Waals surface area contributed by atoms with E-state index in [9.17, 15) is 17.9 Å². The molecule has 20 heavy (non-hydrogen) atoms. The number of aliphatic hydroxyl groups is 1. The fourth-order valence-electron chi connectivity index (χ4n) is 1.80. The molecule has 1 aromatic rings. The Morgan fingerprint density at radius 1 is 1.45 bits per heavy atom. The van der Waals surface area contributed by atoms with Crippen LogP contribution >= 0.6 is 0 Å². The first-order valence-corrected chi connectivity index (χ1v) is 8.06. The zero-order chi connectivity index (χ0) is 15.6. The van der Waals surface area contributed by atoms with Gasteiger partial charge < -0.3 is 5.11 Å². The van der Waals surface area contributed by atoms with Crippen molar-refractivity contribution < 1.29 is 17.9 Å². The van der Waals surface area contributed by atoms with Gasteiger partial charge in [0.2, 0.25) is 10.0 Å². The summed E-state index contributed by atoms with van der Waals surface area (Å²) >= 11 is 0. The smallest absolute Gasteiger partial charge is 0.241 e. The molecule has 2 atom stereocenters. The van der Waals surface area contributed by atoms with Gasteiger partial charge in [0.25, 0.3) is 0 Å². The number of benzene rings is 1. The molecule has 0 aliphatic carbocycles. The molecule has 4 nitrogen and oxygen atoms in total. The van der Waals surface area contributed by atoms with E-state index < -0.39 is 21.4 Å². The van der Waals surface area contributed by atoms with Crippen molar-refractivity contribution in [2.24, 2.45) is 5.92 Å². The van der Waals surface area contributed by atoms with Crippen LogP contribution in [0.2, 0.25) is 0 Å². The molecular weight excluding hydrogens is 281 g/mol. The molecule has 0 bridgehead atoms. The summed E-state index contributed by atoms with van der Waals surface area (Å²) in [6.45, 7) is 6.84. The summed E-state index contributed by atoms with van der Waals surface area (Å²) in [5.74, 6) is -0.663. The van der Waals surface area contributed by atoms with Gasteiger partial charge in [0.15, 0.2) is 0 Å². The second-order valence-electron chi connectivity index (χ2n) is 5.40. The Morgan fingerprint density at radius 2 is 2.05 bits per heavy atom. The molecule has 0 saturated heterocycles. The molecule has 0 fully saturated rings. The summed E-state index contributed by atoms with van der Waals surface area (Å²) in [5.41, 5.74) is -0.689. The van der Waals surface area contributed by atoms with Gasteiger partial charge >= 0.3 is 0 Å². The van der Waals surface area contributed by atoms with Gasteiger partial charge in [-0.05, 0) is 37.5 Å². The standard InChI is InChI=1S/C14H22FNO3S/c1-5-11(3)14(4,17)9-16-20(18,19)13-8-12(15)7-6-10(13)2/h6-8,11,16-17H,5,9H2,1-4H3. The summed E-state index contributed by atoms with van der Waals surface area (Å²) in [6.07, 6.45) is 0.730. The van der Waals surface area contributed by atoms with Crippen molar-refractivity contribution in [3.05, 3.63) is 29.6 Å². The van der Waals surface area contributed by atoms with Crippen molar-refractivity contribution in [2.45, 2.75) is 44.6 Å². The first-order valence-electron chi connectivity index (χ1n) is 6.58. The number of nitrogens with one attached hydrogen (secondary N) is 1. The Hall–Kier alpha value is -0.980. The third-order valence-electron chi connectivity index (χ3n) is 3.73. The molecule has 0 aliphatic heterocycles. The zero-order valence-corrected chi connectivity index (χ0v) is 13.1. The van der Waals surface area contributed by atoms with Gasteiger partial charge in [-0.15, -0.1) is 0 Å². The minimum atomic E-state index is -3.84. The van der Waals surface area contributed by atoms with Crippen LogP contribution in [0.25, 0.3) is 0 Å². The van der Waals surface area contributed by atoms with E-state index in [1.807, 2.05) is 13.8 Å². The molecule has 1 rings (SSSR count). The lowest BCUT2D eigenvalue weighted by molar-refractivity contribution is 0.0102. The number of halogens is 1. The predicted molar refractivity (Wildman–Crippen MR) is 76.4 cm³/mol. The molecule has 0 amide bonds. The monoisotopic (exact) mass is 303 g/mol. The van der Waals surface area contributed by atoms with Crippen LogP contribution in [0.15, 0.2) is 23.1 Å². The lowest BCUT2D eigenvalue weighted by Crippen LogP contribution is -2.45. The van der Waals surface area contributed by atoms with Gasteiger partial charge in [-0.3, -0.25) is 0 Å². The van der Waals surface area contributed by atoms with Crippen LogP contribution in [0, 0.1) is 18.7 Å². The van der Waals surface area contributed by atoms with Gasteiger partial charge in [-0.2, -0.15) is 0 Å². The van der Waals surface area contributed by atoms with Crippen molar-refractivity contribution in [1.29, 1.82) is 0 Å². The van der Waals surface area contributed by atoms with E-state index in [1.165, 1.54) is 12.1 Å². The van der Waals surface area contributed by atoms with Gasteiger partial charge in [0.05, 0.1) is 10.5 Å². The summed E-state index contributed by atoms with van der Waals surface area (Å²) < 4.78 is 39.9. The molecule has 2 N–H and O–H groups in total. The summed E-state index contributed by atoms with van der Waals surface area (Å²) in [5, 5.41) is 10.2. The second kappa shape index (κ2) is 6.20. The molecule has 1 aromatic carbocycles. The Kier molecular flexibility index (Phi) is 5.29. The molecule has 6 heteroatoms. The average molecular weight is 303 g/mol. The number of sulfonamides is 1. The van der Waals surface area contributed by atoms with Crippen LogP contribution in [0.3, 0.4) is 0 Å². The van der Waals surface area contributed by atoms with Crippen LogP contribution in [-0.2, 0) is 10.0 Å². The van der Waals surface area contributed by atoms with E-state index in [0.717, 1.165) is 12.5 Å². The van der Waals surface area contributed by atoms with Crippen molar-refractivity contribution in [2.75, 3.05) is 6.54 Å². The van der Waals surface area contributed by atoms with E-state index in [0.29, 0.717) is 5.56 Å². The minimum absolute atomic E-state index is 0.0567. The normalized spacial score (nSPS) is 16.7. The van der Waals surface area contributed by atoms with E-state index in [1.54, 1.807) is 13.8 Å². The molecular formula is C14H22FNO3S. The lowest BCUT2D eigenvalue weighted by atomic mass is 9.89. The highest BCUT2D eigenvalue weighted by Gasteiger charge is 2.29. The molecule has 0 radical (unpaired) electrons. The summed E-state index contributed by atoms with van der Waals surface area (Å²) in [7, 11) is -3.84. The maximum absolute atomic E-state index is 13.2. The number of rotatable bonds is 6. The molecule has 0 heterocycles. The van der Waals surface area contributed by atoms with Crippen LogP contribution in [0.5, 0.6) is 0 Å². The van der Waals surface area contributed by atoms with E-state index in [4.69, 9.17) is 0 Å². The third kappa shape index (κ3) is 4.01. The van der Waals surface area contributed by atoms with E-state index >= 15 is 0 Å². The molecule has 0 saturated carbocycles. The van der Waals surface area contributed by atoms with Crippen LogP contribution in [0.4, 0.5) is 4.39 Å². The highest BCUT2D eigenvalue weighted by atomic mass is 32.2. The van der Waals surface area contributed by atoms with Crippen LogP contribution < -0.4 is 4.72 Å². The van der Waals surface area contributed by atoms with Gasteiger partial charge in [0, 0.05) is 6.54 Å². The molecule has 2 unspecified atom stereocenters. The topological polar surface area (TPSA) is 66.4 Å². The fourth-order valence-corrected chi connectivity index (χ4v) is 3.19. The van der Waals surface area contributed by atoms with Crippen molar-refractivity contribution in [3.8, 4) is 0 Å². The third-order valence-corrected chi connectivity index (χ3v) is 5.28. The second-order valence-corrected chi connectivity index (χ2v) is 7.14. The minimum Gasteiger partial charge on any atom is -0.389 e. The Bertz CT molecular complexity index is 570. The van der Waals surface area contributed by atoms with Crippen LogP contribution in [-0.4, -0.2) is 25.7 Å². The maximum atomic E-state index is 13.2. The molecule has 0 spiro atoms. The van der Waals surface area contributed by atoms with E-state index in [2.05, 4.69) is 4.72 Å². The van der Waals surface area contributed by atoms with Gasteiger partial charge in [-0.25, -0.2) is 17.5 Å². The molecule has 0 aliphatic rings. The maximum Gasteiger partial charge on any atom is 0.241 e. The van der Waals surface area contributed by atoms with Gasteiger partial charge in [0.1, 0.15) is 5.82 Å². The van der Waals surface area contributed by atoms with E-state index in [-0.39, 0.29) is 17.4 Å². The van der Waals surface area contributed by atoms with Crippen molar-refractivity contribution in [3.63, 3.8) is 0 Å². The quantitative estimate of drug-likeness (QED) is 0.847. The predicted octanol–water partition coefficient (Wildman–Crippen LogP) is 2.21. The number of hydrogen-bond donors (Lipinski definition) is 2.